The van der Waals surface area contributed by atoms with E-state index in [1.807, 2.05) is 17.0 Å². The summed E-state index contributed by atoms with van der Waals surface area (Å²) in [7, 11) is 0. The van der Waals surface area contributed by atoms with Crippen LogP contribution >= 0.6 is 0 Å². The maximum atomic E-state index is 12.9. The van der Waals surface area contributed by atoms with E-state index in [9.17, 15) is 9.18 Å². The van der Waals surface area contributed by atoms with E-state index >= 15 is 0 Å². The van der Waals surface area contributed by atoms with Gasteiger partial charge in [0, 0.05) is 38.0 Å². The molecule has 2 atom stereocenters. The smallest absolute Gasteiger partial charge is 0.260 e. The van der Waals surface area contributed by atoms with Crippen molar-refractivity contribution in [2.45, 2.75) is 0 Å². The Bertz CT molecular complexity index is 993. The summed E-state index contributed by atoms with van der Waals surface area (Å²) < 4.78 is 20.1. The quantitative estimate of drug-likeness (QED) is 0.676. The van der Waals surface area contributed by atoms with E-state index in [4.69, 9.17) is 4.74 Å². The zero-order valence-corrected chi connectivity index (χ0v) is 15.1. The minimum atomic E-state index is -0.325. The first kappa shape index (κ1) is 16.9. The highest BCUT2D eigenvalue weighted by Gasteiger charge is 2.42. The molecule has 1 amide bonds. The van der Waals surface area contributed by atoms with Crippen molar-refractivity contribution in [3.05, 3.63) is 48.5 Å². The third-order valence-electron chi connectivity index (χ3n) is 5.49. The molecule has 28 heavy (non-hydrogen) atoms. The van der Waals surface area contributed by atoms with Crippen LogP contribution in [0.1, 0.15) is 0 Å². The lowest BCUT2D eigenvalue weighted by Crippen LogP contribution is -2.36. The summed E-state index contributed by atoms with van der Waals surface area (Å²) in [5.74, 6) is 1.89. The fourth-order valence-electron chi connectivity index (χ4n) is 4.04. The van der Waals surface area contributed by atoms with Crippen LogP contribution in [-0.4, -0.2) is 63.4 Å². The van der Waals surface area contributed by atoms with Gasteiger partial charge in [-0.1, -0.05) is 0 Å². The number of rotatable bonds is 4. The summed E-state index contributed by atoms with van der Waals surface area (Å²) in [6.07, 6.45) is 1.59. The zero-order valence-electron chi connectivity index (χ0n) is 15.1. The van der Waals surface area contributed by atoms with Crippen LogP contribution in [0.4, 0.5) is 10.2 Å². The number of fused-ring (bicyclic) bond motifs is 2. The third kappa shape index (κ3) is 3.12. The Balaban J connectivity index is 1.17. The normalized spacial score (nSPS) is 21.3. The Morgan fingerprint density at radius 1 is 1.07 bits per heavy atom. The second-order valence-electron chi connectivity index (χ2n) is 7.29. The van der Waals surface area contributed by atoms with Crippen molar-refractivity contribution in [3.63, 3.8) is 0 Å². The van der Waals surface area contributed by atoms with Crippen LogP contribution in [0.2, 0.25) is 0 Å². The average Bonchev–Trinajstić information content (AvgIpc) is 3.40. The van der Waals surface area contributed by atoms with Gasteiger partial charge in [-0.15, -0.1) is 15.3 Å². The van der Waals surface area contributed by atoms with E-state index in [1.54, 1.807) is 10.8 Å². The number of hydrogen-bond donors (Lipinski definition) is 0. The summed E-state index contributed by atoms with van der Waals surface area (Å²) in [6.45, 7) is 3.16. The van der Waals surface area contributed by atoms with E-state index in [0.717, 1.165) is 37.6 Å². The van der Waals surface area contributed by atoms with Crippen molar-refractivity contribution < 1.29 is 13.9 Å². The molecule has 3 aromatic rings. The van der Waals surface area contributed by atoms with E-state index in [2.05, 4.69) is 20.2 Å². The number of benzene rings is 1. The Morgan fingerprint density at radius 2 is 1.82 bits per heavy atom. The maximum absolute atomic E-state index is 12.9. The second kappa shape index (κ2) is 6.74. The summed E-state index contributed by atoms with van der Waals surface area (Å²) in [5.41, 5.74) is 0.723. The van der Waals surface area contributed by atoms with Crippen molar-refractivity contribution in [2.24, 2.45) is 11.8 Å². The van der Waals surface area contributed by atoms with E-state index in [1.165, 1.54) is 24.3 Å². The topological polar surface area (TPSA) is 75.9 Å². The molecular formula is C19H19FN6O2. The molecule has 0 spiro atoms. The number of likely N-dealkylation sites (tertiary alicyclic amines) is 1. The van der Waals surface area contributed by atoms with Crippen molar-refractivity contribution >= 4 is 17.4 Å². The summed E-state index contributed by atoms with van der Waals surface area (Å²) in [4.78, 5) is 16.6. The molecule has 144 valence electrons. The van der Waals surface area contributed by atoms with Gasteiger partial charge >= 0.3 is 0 Å². The lowest BCUT2D eigenvalue weighted by molar-refractivity contribution is -0.132. The predicted molar refractivity (Wildman–Crippen MR) is 98.5 cm³/mol. The number of halogens is 1. The van der Waals surface area contributed by atoms with Crippen molar-refractivity contribution in [1.82, 2.24) is 24.7 Å². The number of amides is 1. The molecule has 9 heteroatoms. The molecule has 5 rings (SSSR count). The number of ether oxygens (including phenoxy) is 1. The summed E-state index contributed by atoms with van der Waals surface area (Å²) >= 11 is 0. The maximum Gasteiger partial charge on any atom is 0.260 e. The van der Waals surface area contributed by atoms with Gasteiger partial charge in [-0.2, -0.15) is 4.52 Å². The third-order valence-corrected chi connectivity index (χ3v) is 5.49. The molecule has 2 saturated heterocycles. The first-order valence-corrected chi connectivity index (χ1v) is 9.24. The molecule has 0 N–H and O–H groups in total. The molecule has 2 fully saturated rings. The van der Waals surface area contributed by atoms with Gasteiger partial charge in [-0.3, -0.25) is 4.79 Å². The molecule has 0 saturated carbocycles. The zero-order chi connectivity index (χ0) is 19.1. The summed E-state index contributed by atoms with van der Waals surface area (Å²) in [6, 6.07) is 9.56. The molecule has 2 unspecified atom stereocenters. The Labute approximate surface area is 160 Å². The van der Waals surface area contributed by atoms with Gasteiger partial charge < -0.3 is 14.5 Å². The molecular weight excluding hydrogens is 363 g/mol. The fraction of sp³-hybridized carbons (Fsp3) is 0.368. The van der Waals surface area contributed by atoms with Crippen LogP contribution in [-0.2, 0) is 4.79 Å². The second-order valence-corrected chi connectivity index (χ2v) is 7.29. The SMILES string of the molecule is O=C(COc1ccc(F)cc1)N1CC2CN(c3ccc4nncn4n3)CC2C1. The van der Waals surface area contributed by atoms with Crippen LogP contribution in [0.5, 0.6) is 5.75 Å². The number of nitrogens with zero attached hydrogens (tertiary/aromatic N) is 6. The van der Waals surface area contributed by atoms with Gasteiger partial charge in [0.25, 0.3) is 5.91 Å². The van der Waals surface area contributed by atoms with Crippen LogP contribution in [0.15, 0.2) is 42.7 Å². The molecule has 1 aromatic carbocycles. The highest BCUT2D eigenvalue weighted by Crippen LogP contribution is 2.33. The van der Waals surface area contributed by atoms with E-state index < -0.39 is 0 Å². The lowest BCUT2D eigenvalue weighted by Gasteiger charge is -2.22. The molecule has 2 aliphatic heterocycles. The van der Waals surface area contributed by atoms with Crippen LogP contribution < -0.4 is 9.64 Å². The first-order valence-electron chi connectivity index (χ1n) is 9.24. The molecule has 0 aliphatic carbocycles. The van der Waals surface area contributed by atoms with Gasteiger partial charge in [0.1, 0.15) is 23.7 Å². The molecule has 0 bridgehead atoms. The molecule has 8 nitrogen and oxygen atoms in total. The van der Waals surface area contributed by atoms with Crippen LogP contribution in [0, 0.1) is 17.7 Å². The van der Waals surface area contributed by atoms with Crippen molar-refractivity contribution in [1.29, 1.82) is 0 Å². The highest BCUT2D eigenvalue weighted by molar-refractivity contribution is 5.78. The molecule has 2 aliphatic rings. The van der Waals surface area contributed by atoms with Crippen molar-refractivity contribution in [2.75, 3.05) is 37.7 Å². The van der Waals surface area contributed by atoms with Crippen LogP contribution in [0.25, 0.3) is 5.65 Å². The van der Waals surface area contributed by atoms with Gasteiger partial charge in [0.05, 0.1) is 0 Å². The van der Waals surface area contributed by atoms with Gasteiger partial charge in [-0.25, -0.2) is 4.39 Å². The Morgan fingerprint density at radius 3 is 2.57 bits per heavy atom. The molecule has 4 heterocycles. The molecule has 2 aromatic heterocycles. The Hall–Kier alpha value is -3.23. The number of aromatic nitrogens is 4. The van der Waals surface area contributed by atoms with Gasteiger partial charge in [0.2, 0.25) is 0 Å². The van der Waals surface area contributed by atoms with E-state index in [0.29, 0.717) is 17.6 Å². The largest absolute Gasteiger partial charge is 0.484 e. The first-order chi connectivity index (χ1) is 13.7. The van der Waals surface area contributed by atoms with Crippen LogP contribution in [0.3, 0.4) is 0 Å². The lowest BCUT2D eigenvalue weighted by atomic mass is 10.0. The number of hydrogen-bond acceptors (Lipinski definition) is 6. The van der Waals surface area contributed by atoms with Gasteiger partial charge in [0.15, 0.2) is 12.3 Å². The fourth-order valence-corrected chi connectivity index (χ4v) is 4.04. The Kier molecular flexibility index (Phi) is 4.07. The van der Waals surface area contributed by atoms with Crippen molar-refractivity contribution in [3.8, 4) is 5.75 Å². The molecule has 0 radical (unpaired) electrons. The number of anilines is 1. The number of carbonyl (C=O) groups is 1. The minimum absolute atomic E-state index is 0.0271. The monoisotopic (exact) mass is 382 g/mol. The predicted octanol–water partition coefficient (Wildman–Crippen LogP) is 1.24. The summed E-state index contributed by atoms with van der Waals surface area (Å²) in [5, 5.41) is 12.4. The highest BCUT2D eigenvalue weighted by atomic mass is 19.1. The average molecular weight is 382 g/mol. The standard InChI is InChI=1S/C19H19FN6O2/c20-15-1-3-16(4-2-15)28-11-19(27)25-9-13-7-24(8-14(13)10-25)18-6-5-17-22-21-12-26(17)23-18/h1-6,12-14H,7-11H2. The van der Waals surface area contributed by atoms with Gasteiger partial charge in [-0.05, 0) is 36.4 Å². The van der Waals surface area contributed by atoms with E-state index in [-0.39, 0.29) is 18.3 Å². The number of carbonyl (C=O) groups excluding carboxylic acids is 1. The minimum Gasteiger partial charge on any atom is -0.484 e.